The van der Waals surface area contributed by atoms with Gasteiger partial charge < -0.3 is 39.3 Å². The fourth-order valence-corrected chi connectivity index (χ4v) is 5.33. The van der Waals surface area contributed by atoms with Gasteiger partial charge in [-0.2, -0.15) is 0 Å². The third-order valence-corrected chi connectivity index (χ3v) is 7.19. The maximum atomic E-state index is 10.4. The van der Waals surface area contributed by atoms with Crippen molar-refractivity contribution in [2.24, 2.45) is 0 Å². The van der Waals surface area contributed by atoms with Gasteiger partial charge in [-0.15, -0.1) is 0 Å². The van der Waals surface area contributed by atoms with Gasteiger partial charge in [0.1, 0.15) is 102 Å². The lowest BCUT2D eigenvalue weighted by Crippen LogP contribution is -3.28. The smallest absolute Gasteiger partial charge is 0.137 e. The molecule has 8 heteroatoms. The molecule has 0 unspecified atom stereocenters. The van der Waals surface area contributed by atoms with Crippen molar-refractivity contribution in [3.8, 4) is 11.5 Å². The SMILES string of the molecule is C=C(C)C[NH+]1CC[NH+](C[C@@H](O)COc2ccc(OC[C@H](O)C[NH+]3CC[NH+](CC(=C)C)CC3)cc2)CC1. The van der Waals surface area contributed by atoms with E-state index < -0.39 is 12.2 Å². The molecule has 3 rings (SSSR count). The molecule has 0 saturated carbocycles. The minimum Gasteiger partial charge on any atom is -0.491 e. The summed E-state index contributed by atoms with van der Waals surface area (Å²) in [7, 11) is 0. The van der Waals surface area contributed by atoms with Crippen molar-refractivity contribution in [2.45, 2.75) is 26.1 Å². The van der Waals surface area contributed by atoms with E-state index in [0.717, 1.165) is 65.4 Å². The van der Waals surface area contributed by atoms with Crippen molar-refractivity contribution in [2.75, 3.05) is 91.8 Å². The second kappa shape index (κ2) is 14.7. The Morgan fingerprint density at radius 2 is 0.972 bits per heavy atom. The number of piperazine rings is 2. The van der Waals surface area contributed by atoms with Gasteiger partial charge >= 0.3 is 0 Å². The van der Waals surface area contributed by atoms with E-state index in [9.17, 15) is 10.2 Å². The minimum atomic E-state index is -0.486. The average Bonchev–Trinajstić information content (AvgIpc) is 2.84. The van der Waals surface area contributed by atoms with Gasteiger partial charge in [0, 0.05) is 0 Å². The molecule has 0 radical (unpaired) electrons. The summed E-state index contributed by atoms with van der Waals surface area (Å²) in [5.74, 6) is 1.43. The Morgan fingerprint density at radius 1 is 0.667 bits per heavy atom. The highest BCUT2D eigenvalue weighted by molar-refractivity contribution is 5.31. The highest BCUT2D eigenvalue weighted by Gasteiger charge is 2.26. The molecule has 202 valence electrons. The lowest BCUT2D eigenvalue weighted by molar-refractivity contribution is -1.01. The molecular weight excluding hydrogens is 456 g/mol. The summed E-state index contributed by atoms with van der Waals surface area (Å²) in [6, 6.07) is 7.43. The van der Waals surface area contributed by atoms with Crippen LogP contribution in [0, 0.1) is 0 Å². The van der Waals surface area contributed by atoms with Crippen molar-refractivity contribution in [1.82, 2.24) is 0 Å². The normalized spacial score (nSPS) is 26.1. The first-order chi connectivity index (χ1) is 17.3. The van der Waals surface area contributed by atoms with E-state index in [1.165, 1.54) is 20.9 Å². The molecular formula is C28H50N4O4+4. The minimum absolute atomic E-state index is 0.287. The zero-order valence-electron chi connectivity index (χ0n) is 22.5. The lowest BCUT2D eigenvalue weighted by atomic mass is 10.2. The van der Waals surface area contributed by atoms with Gasteiger partial charge in [-0.3, -0.25) is 0 Å². The van der Waals surface area contributed by atoms with Crippen LogP contribution in [0.25, 0.3) is 0 Å². The molecule has 6 N–H and O–H groups in total. The molecule has 0 amide bonds. The maximum absolute atomic E-state index is 10.4. The molecule has 2 saturated heterocycles. The Labute approximate surface area is 217 Å². The number of rotatable bonds is 14. The van der Waals surface area contributed by atoms with Gasteiger partial charge in [0.15, 0.2) is 0 Å². The molecule has 2 aliphatic rings. The van der Waals surface area contributed by atoms with Crippen molar-refractivity contribution in [3.05, 3.63) is 48.6 Å². The first-order valence-electron chi connectivity index (χ1n) is 13.6. The van der Waals surface area contributed by atoms with E-state index in [4.69, 9.17) is 9.47 Å². The van der Waals surface area contributed by atoms with E-state index in [1.54, 1.807) is 9.80 Å². The maximum Gasteiger partial charge on any atom is 0.137 e. The summed E-state index contributed by atoms with van der Waals surface area (Å²) in [6.07, 6.45) is -0.971. The Morgan fingerprint density at radius 3 is 1.28 bits per heavy atom. The van der Waals surface area contributed by atoms with Crippen LogP contribution in [-0.4, -0.2) is 114 Å². The molecule has 0 aromatic heterocycles. The summed E-state index contributed by atoms with van der Waals surface area (Å²) >= 11 is 0. The van der Waals surface area contributed by atoms with E-state index in [-0.39, 0.29) is 13.2 Å². The predicted molar refractivity (Wildman–Crippen MR) is 141 cm³/mol. The fraction of sp³-hybridized carbons (Fsp3) is 0.643. The Kier molecular flexibility index (Phi) is 11.7. The summed E-state index contributed by atoms with van der Waals surface area (Å²) in [6.45, 7) is 25.1. The van der Waals surface area contributed by atoms with Gasteiger partial charge in [-0.1, -0.05) is 13.2 Å². The van der Waals surface area contributed by atoms with Crippen molar-refractivity contribution >= 4 is 0 Å². The molecule has 2 fully saturated rings. The summed E-state index contributed by atoms with van der Waals surface area (Å²) in [5.41, 5.74) is 2.47. The molecule has 2 aliphatic heterocycles. The average molecular weight is 507 g/mol. The number of hydrogen-bond acceptors (Lipinski definition) is 4. The number of quaternary nitrogens is 4. The molecule has 0 bridgehead atoms. The summed E-state index contributed by atoms with van der Waals surface area (Å²) < 4.78 is 11.6. The molecule has 8 nitrogen and oxygen atoms in total. The van der Waals surface area contributed by atoms with Gasteiger partial charge in [0.05, 0.1) is 13.1 Å². The topological polar surface area (TPSA) is 76.7 Å². The van der Waals surface area contributed by atoms with E-state index >= 15 is 0 Å². The third kappa shape index (κ3) is 10.6. The predicted octanol–water partition coefficient (Wildman–Crippen LogP) is -4.12. The lowest BCUT2D eigenvalue weighted by Gasteiger charge is -2.30. The Hall–Kier alpha value is -1.94. The van der Waals surface area contributed by atoms with Crippen LogP contribution in [0.4, 0.5) is 0 Å². The van der Waals surface area contributed by atoms with Gasteiger partial charge in [-0.05, 0) is 49.3 Å². The number of ether oxygens (including phenoxy) is 2. The summed E-state index contributed by atoms with van der Waals surface area (Å²) in [4.78, 5) is 6.06. The highest BCUT2D eigenvalue weighted by atomic mass is 16.5. The molecule has 1 aromatic carbocycles. The second-order valence-electron chi connectivity index (χ2n) is 11.1. The fourth-order valence-electron chi connectivity index (χ4n) is 5.33. The number of benzene rings is 1. The van der Waals surface area contributed by atoms with Crippen molar-refractivity contribution in [1.29, 1.82) is 0 Å². The Balaban J connectivity index is 1.28. The quantitative estimate of drug-likeness (QED) is 0.145. The van der Waals surface area contributed by atoms with Gasteiger partial charge in [0.25, 0.3) is 0 Å². The van der Waals surface area contributed by atoms with Gasteiger partial charge in [-0.25, -0.2) is 0 Å². The number of aliphatic hydroxyl groups excluding tert-OH is 2. The zero-order chi connectivity index (χ0) is 25.9. The summed E-state index contributed by atoms with van der Waals surface area (Å²) in [5, 5.41) is 20.9. The molecule has 0 spiro atoms. The molecule has 2 atom stereocenters. The first-order valence-corrected chi connectivity index (χ1v) is 13.6. The monoisotopic (exact) mass is 506 g/mol. The van der Waals surface area contributed by atoms with Crippen LogP contribution in [0.1, 0.15) is 13.8 Å². The van der Waals surface area contributed by atoms with Crippen LogP contribution in [0.5, 0.6) is 11.5 Å². The van der Waals surface area contributed by atoms with Crippen LogP contribution in [0.2, 0.25) is 0 Å². The van der Waals surface area contributed by atoms with Gasteiger partial charge in [0.2, 0.25) is 0 Å². The molecule has 2 heterocycles. The van der Waals surface area contributed by atoms with Crippen molar-refractivity contribution in [3.63, 3.8) is 0 Å². The second-order valence-corrected chi connectivity index (χ2v) is 11.1. The Bertz CT molecular complexity index is 735. The zero-order valence-corrected chi connectivity index (χ0v) is 22.5. The third-order valence-electron chi connectivity index (χ3n) is 7.19. The van der Waals surface area contributed by atoms with Crippen LogP contribution in [-0.2, 0) is 0 Å². The van der Waals surface area contributed by atoms with Crippen LogP contribution >= 0.6 is 0 Å². The van der Waals surface area contributed by atoms with Crippen molar-refractivity contribution < 1.29 is 39.3 Å². The van der Waals surface area contributed by atoms with Crippen LogP contribution in [0.3, 0.4) is 0 Å². The number of aliphatic hydroxyl groups is 2. The van der Waals surface area contributed by atoms with E-state index in [1.807, 2.05) is 24.3 Å². The highest BCUT2D eigenvalue weighted by Crippen LogP contribution is 2.17. The molecule has 1 aromatic rings. The van der Waals surface area contributed by atoms with E-state index in [0.29, 0.717) is 24.6 Å². The standard InChI is InChI=1S/C28H46N4O4/c1-23(2)17-29-9-13-31(14-10-29)19-25(33)21-35-27-5-7-28(8-6-27)36-22-26(34)20-32-15-11-30(12-16-32)18-24(3)4/h5-8,25-26,33-34H,1,3,9-22H2,2,4H3/p+4/t25-,26-/m1/s1. The number of nitrogens with one attached hydrogen (secondary N) is 4. The number of hydrogen-bond donors (Lipinski definition) is 6. The van der Waals surface area contributed by atoms with Crippen LogP contribution < -0.4 is 29.1 Å². The molecule has 36 heavy (non-hydrogen) atoms. The molecule has 0 aliphatic carbocycles. The van der Waals surface area contributed by atoms with Crippen LogP contribution in [0.15, 0.2) is 48.6 Å². The first kappa shape index (κ1) is 28.6. The largest absolute Gasteiger partial charge is 0.491 e. The van der Waals surface area contributed by atoms with E-state index in [2.05, 4.69) is 27.0 Å².